The number of nitro groups is 1. The fraction of sp³-hybridized carbons (Fsp3) is 0.455. The van der Waals surface area contributed by atoms with Gasteiger partial charge in [-0.2, -0.15) is 0 Å². The van der Waals surface area contributed by atoms with Gasteiger partial charge in [-0.1, -0.05) is 6.07 Å². The van der Waals surface area contributed by atoms with E-state index in [0.717, 1.165) is 12.3 Å². The summed E-state index contributed by atoms with van der Waals surface area (Å²) in [5.74, 6) is 0. The van der Waals surface area contributed by atoms with Crippen LogP contribution in [0.2, 0.25) is 0 Å². The van der Waals surface area contributed by atoms with Gasteiger partial charge in [0.05, 0.1) is 9.82 Å². The van der Waals surface area contributed by atoms with Crippen molar-refractivity contribution < 1.29 is 13.3 Å². The maximum Gasteiger partial charge on any atom is 0.273 e. The van der Waals surface area contributed by atoms with Crippen LogP contribution in [-0.2, 0) is 16.3 Å². The molecular formula is C11H16N2O4S. The lowest BCUT2D eigenvalue weighted by molar-refractivity contribution is -0.385. The van der Waals surface area contributed by atoms with Crippen LogP contribution in [-0.4, -0.2) is 32.7 Å². The van der Waals surface area contributed by atoms with Crippen molar-refractivity contribution >= 4 is 15.5 Å². The molecule has 0 aliphatic carbocycles. The summed E-state index contributed by atoms with van der Waals surface area (Å²) in [6, 6.07) is 4.10. The number of hydrogen-bond donors (Lipinski definition) is 1. The summed E-state index contributed by atoms with van der Waals surface area (Å²) in [5.41, 5.74) is 0.370. The highest BCUT2D eigenvalue weighted by Gasteiger charge is 2.19. The van der Waals surface area contributed by atoms with E-state index in [1.807, 2.05) is 6.92 Å². The molecular weight excluding hydrogens is 256 g/mol. The van der Waals surface area contributed by atoms with E-state index in [9.17, 15) is 18.5 Å². The third-order valence-electron chi connectivity index (χ3n) is 2.70. The third kappa shape index (κ3) is 3.51. The summed E-state index contributed by atoms with van der Waals surface area (Å²) in [6.45, 7) is 1.90. The Morgan fingerprint density at radius 3 is 2.50 bits per heavy atom. The number of rotatable bonds is 5. The average molecular weight is 272 g/mol. The van der Waals surface area contributed by atoms with Gasteiger partial charge in [0.15, 0.2) is 9.84 Å². The molecule has 0 bridgehead atoms. The zero-order valence-corrected chi connectivity index (χ0v) is 11.3. The highest BCUT2D eigenvalue weighted by atomic mass is 32.2. The molecule has 100 valence electrons. The highest BCUT2D eigenvalue weighted by molar-refractivity contribution is 7.90. The molecule has 0 heterocycles. The van der Waals surface area contributed by atoms with E-state index >= 15 is 0 Å². The van der Waals surface area contributed by atoms with E-state index in [-0.39, 0.29) is 16.6 Å². The number of nitrogens with one attached hydrogen (secondary N) is 1. The standard InChI is InChI=1S/C11H16N2O4S/c1-8(12-2)6-9-4-5-10(18(3,16)17)7-11(9)13(14)15/h4-5,7-8,12H,6H2,1-3H3. The largest absolute Gasteiger partial charge is 0.317 e. The maximum absolute atomic E-state index is 11.4. The third-order valence-corrected chi connectivity index (χ3v) is 3.81. The molecule has 1 aromatic rings. The number of hydrogen-bond acceptors (Lipinski definition) is 5. The van der Waals surface area contributed by atoms with Crippen molar-refractivity contribution in [2.45, 2.75) is 24.3 Å². The van der Waals surface area contributed by atoms with Crippen molar-refractivity contribution in [3.8, 4) is 0 Å². The Morgan fingerprint density at radius 2 is 2.06 bits per heavy atom. The molecule has 0 radical (unpaired) electrons. The normalized spacial score (nSPS) is 13.3. The lowest BCUT2D eigenvalue weighted by Gasteiger charge is -2.10. The Kier molecular flexibility index (Phi) is 4.42. The fourth-order valence-electron chi connectivity index (χ4n) is 1.55. The van der Waals surface area contributed by atoms with E-state index in [1.54, 1.807) is 7.05 Å². The number of nitro benzene ring substituents is 1. The first-order chi connectivity index (χ1) is 8.25. The van der Waals surface area contributed by atoms with Crippen molar-refractivity contribution in [3.63, 3.8) is 0 Å². The van der Waals surface area contributed by atoms with Crippen molar-refractivity contribution in [2.24, 2.45) is 0 Å². The molecule has 0 saturated heterocycles. The van der Waals surface area contributed by atoms with Gasteiger partial charge in [-0.05, 0) is 26.5 Å². The summed E-state index contributed by atoms with van der Waals surface area (Å²) < 4.78 is 22.7. The van der Waals surface area contributed by atoms with Crippen LogP contribution >= 0.6 is 0 Å². The molecule has 1 rings (SSSR count). The van der Waals surface area contributed by atoms with E-state index in [4.69, 9.17) is 0 Å². The maximum atomic E-state index is 11.4. The van der Waals surface area contributed by atoms with E-state index < -0.39 is 14.8 Å². The van der Waals surface area contributed by atoms with Gasteiger partial charge in [0, 0.05) is 23.9 Å². The van der Waals surface area contributed by atoms with Crippen molar-refractivity contribution in [2.75, 3.05) is 13.3 Å². The predicted molar refractivity (Wildman–Crippen MR) is 68.4 cm³/mol. The van der Waals surface area contributed by atoms with Gasteiger partial charge in [0.2, 0.25) is 0 Å². The molecule has 0 aliphatic rings. The minimum atomic E-state index is -3.43. The van der Waals surface area contributed by atoms with Crippen LogP contribution < -0.4 is 5.32 Å². The van der Waals surface area contributed by atoms with Crippen molar-refractivity contribution in [1.82, 2.24) is 5.32 Å². The number of sulfone groups is 1. The summed E-state index contributed by atoms with van der Waals surface area (Å²) >= 11 is 0. The van der Waals surface area contributed by atoms with Gasteiger partial charge in [0.1, 0.15) is 0 Å². The second-order valence-electron chi connectivity index (χ2n) is 4.21. The summed E-state index contributed by atoms with van der Waals surface area (Å²) in [4.78, 5) is 10.4. The molecule has 0 aromatic heterocycles. The Bertz CT molecular complexity index is 554. The second-order valence-corrected chi connectivity index (χ2v) is 6.23. The van der Waals surface area contributed by atoms with Crippen LogP contribution in [0.5, 0.6) is 0 Å². The molecule has 0 fully saturated rings. The van der Waals surface area contributed by atoms with Gasteiger partial charge >= 0.3 is 0 Å². The second kappa shape index (κ2) is 5.45. The first-order valence-corrected chi connectivity index (χ1v) is 7.29. The quantitative estimate of drug-likeness (QED) is 0.641. The summed E-state index contributed by atoms with van der Waals surface area (Å²) in [5, 5.41) is 13.9. The molecule has 18 heavy (non-hydrogen) atoms. The first-order valence-electron chi connectivity index (χ1n) is 5.40. The zero-order chi connectivity index (χ0) is 13.9. The molecule has 0 aliphatic heterocycles. The monoisotopic (exact) mass is 272 g/mol. The molecule has 1 atom stereocenters. The van der Waals surface area contributed by atoms with Crippen LogP contribution in [0.3, 0.4) is 0 Å². The average Bonchev–Trinajstić information content (AvgIpc) is 2.27. The first kappa shape index (κ1) is 14.6. The predicted octanol–water partition coefficient (Wildman–Crippen LogP) is 1.15. The molecule has 6 nitrogen and oxygen atoms in total. The zero-order valence-electron chi connectivity index (χ0n) is 10.5. The number of likely N-dealkylation sites (N-methyl/N-ethyl adjacent to an activating group) is 1. The van der Waals surface area contributed by atoms with Crippen LogP contribution in [0.25, 0.3) is 0 Å². The molecule has 1 N–H and O–H groups in total. The van der Waals surface area contributed by atoms with Gasteiger partial charge in [-0.3, -0.25) is 10.1 Å². The van der Waals surface area contributed by atoms with Crippen molar-refractivity contribution in [1.29, 1.82) is 0 Å². The minimum absolute atomic E-state index is 0.0324. The highest BCUT2D eigenvalue weighted by Crippen LogP contribution is 2.24. The van der Waals surface area contributed by atoms with Gasteiger partial charge in [0.25, 0.3) is 5.69 Å². The van der Waals surface area contributed by atoms with E-state index in [0.29, 0.717) is 12.0 Å². The lowest BCUT2D eigenvalue weighted by Crippen LogP contribution is -2.24. The van der Waals surface area contributed by atoms with Crippen LogP contribution in [0.15, 0.2) is 23.1 Å². The Hall–Kier alpha value is -1.47. The van der Waals surface area contributed by atoms with Gasteiger partial charge < -0.3 is 5.32 Å². The minimum Gasteiger partial charge on any atom is -0.317 e. The molecule has 1 aromatic carbocycles. The van der Waals surface area contributed by atoms with Gasteiger partial charge in [-0.25, -0.2) is 8.42 Å². The topological polar surface area (TPSA) is 89.3 Å². The Balaban J connectivity index is 3.25. The molecule has 1 unspecified atom stereocenters. The fourth-order valence-corrected chi connectivity index (χ4v) is 2.19. The molecule has 7 heteroatoms. The molecule has 0 saturated carbocycles. The van der Waals surface area contributed by atoms with Crippen molar-refractivity contribution in [3.05, 3.63) is 33.9 Å². The summed E-state index contributed by atoms with van der Waals surface area (Å²) in [7, 11) is -1.66. The van der Waals surface area contributed by atoms with E-state index in [2.05, 4.69) is 5.32 Å². The van der Waals surface area contributed by atoms with Crippen LogP contribution in [0, 0.1) is 10.1 Å². The smallest absolute Gasteiger partial charge is 0.273 e. The SMILES string of the molecule is CNC(C)Cc1ccc(S(C)(=O)=O)cc1[N+](=O)[O-]. The Labute approximate surface area is 106 Å². The lowest BCUT2D eigenvalue weighted by atomic mass is 10.1. The number of benzene rings is 1. The van der Waals surface area contributed by atoms with E-state index in [1.165, 1.54) is 12.1 Å². The van der Waals surface area contributed by atoms with Gasteiger partial charge in [-0.15, -0.1) is 0 Å². The van der Waals surface area contributed by atoms with Crippen LogP contribution in [0.4, 0.5) is 5.69 Å². The molecule has 0 amide bonds. The molecule has 0 spiro atoms. The Morgan fingerprint density at radius 1 is 1.44 bits per heavy atom. The summed E-state index contributed by atoms with van der Waals surface area (Å²) in [6.07, 6.45) is 1.50. The van der Waals surface area contributed by atoms with Crippen LogP contribution in [0.1, 0.15) is 12.5 Å². The number of nitrogens with zero attached hydrogens (tertiary/aromatic N) is 1.